The molecule has 2 aliphatic rings. The smallest absolute Gasteiger partial charge is 0.435 e. The third-order valence-corrected chi connectivity index (χ3v) is 11.7. The number of carbonyl (C=O) groups is 2. The van der Waals surface area contributed by atoms with Crippen molar-refractivity contribution in [2.45, 2.75) is 59.8 Å². The first kappa shape index (κ1) is 34.3. The lowest BCUT2D eigenvalue weighted by Crippen LogP contribution is -2.50. The molecule has 1 aliphatic heterocycles. The number of sulfone groups is 1. The van der Waals surface area contributed by atoms with Crippen LogP contribution in [0.2, 0.25) is 0 Å². The van der Waals surface area contributed by atoms with Crippen molar-refractivity contribution in [3.05, 3.63) is 84.2 Å². The van der Waals surface area contributed by atoms with E-state index in [9.17, 15) is 53.8 Å². The molecular weight excluding hydrogens is 657 g/mol. The molecule has 47 heavy (non-hydrogen) atoms. The van der Waals surface area contributed by atoms with Gasteiger partial charge in [0.1, 0.15) is 4.75 Å². The number of hydrogen-bond donors (Lipinski definition) is 1. The SMILES string of the molecule is O=C(O)[C@H]1CC[C@H](C(=O)N2CCC(c3ccc(C(F)(C(F)(F)F)C(F)(F)F)cc3)(S(=O)(=O)c3cccc(-c4ccncc4)c3)C2)CC1. The molecule has 0 spiro atoms. The van der Waals surface area contributed by atoms with Crippen LogP contribution in [0.1, 0.15) is 43.2 Å². The highest BCUT2D eigenvalue weighted by molar-refractivity contribution is 7.92. The molecule has 1 saturated carbocycles. The van der Waals surface area contributed by atoms with Gasteiger partial charge < -0.3 is 10.0 Å². The Morgan fingerprint density at radius 2 is 1.38 bits per heavy atom. The van der Waals surface area contributed by atoms with Gasteiger partial charge in [0.05, 0.1) is 10.8 Å². The fourth-order valence-corrected chi connectivity index (χ4v) is 8.65. The van der Waals surface area contributed by atoms with Crippen molar-refractivity contribution >= 4 is 21.7 Å². The van der Waals surface area contributed by atoms with Crippen molar-refractivity contribution in [2.75, 3.05) is 13.1 Å². The van der Waals surface area contributed by atoms with Crippen molar-refractivity contribution in [1.29, 1.82) is 0 Å². The molecule has 1 unspecified atom stereocenters. The number of rotatable bonds is 7. The van der Waals surface area contributed by atoms with E-state index in [1.165, 1.54) is 35.5 Å². The van der Waals surface area contributed by atoms with Crippen LogP contribution in [0.15, 0.2) is 78.0 Å². The van der Waals surface area contributed by atoms with E-state index in [0.717, 1.165) is 12.1 Å². The van der Waals surface area contributed by atoms with Crippen LogP contribution in [-0.2, 0) is 29.8 Å². The fourth-order valence-electron chi connectivity index (χ4n) is 6.53. The molecule has 0 radical (unpaired) electrons. The van der Waals surface area contributed by atoms with Gasteiger partial charge in [0.15, 0.2) is 9.84 Å². The van der Waals surface area contributed by atoms with Crippen molar-refractivity contribution in [3.63, 3.8) is 0 Å². The van der Waals surface area contributed by atoms with Crippen LogP contribution in [-0.4, -0.2) is 60.7 Å². The predicted molar refractivity (Wildman–Crippen MR) is 154 cm³/mol. The molecule has 3 aromatic rings. The van der Waals surface area contributed by atoms with Gasteiger partial charge in [0, 0.05) is 37.0 Å². The highest BCUT2D eigenvalue weighted by Gasteiger charge is 2.73. The standard InChI is InChI=1S/C32H29F7N2O5S/c33-30(31(34,35)36,32(37,38)39)25-10-8-24(9-11-25)29(14-17-41(19-29)27(42)21-4-6-22(7-5-21)28(43)44)47(45,46)26-3-1-2-23(18-26)20-12-15-40-16-13-20/h1-3,8-13,15-16,18,21-22H,4-7,14,17,19H2,(H,43,44)/t21-,22-,29?. The summed E-state index contributed by atoms with van der Waals surface area (Å²) in [4.78, 5) is 30.0. The summed E-state index contributed by atoms with van der Waals surface area (Å²) in [7, 11) is -4.53. The predicted octanol–water partition coefficient (Wildman–Crippen LogP) is 6.83. The second-order valence-electron chi connectivity index (χ2n) is 11.9. The lowest BCUT2D eigenvalue weighted by atomic mass is 9.81. The molecule has 1 amide bonds. The third-order valence-electron chi connectivity index (χ3n) is 9.23. The number of carboxylic acid groups (broad SMARTS) is 1. The van der Waals surface area contributed by atoms with Crippen molar-refractivity contribution in [1.82, 2.24) is 9.88 Å². The molecule has 1 atom stereocenters. The summed E-state index contributed by atoms with van der Waals surface area (Å²) in [5.74, 6) is -2.61. The summed E-state index contributed by atoms with van der Waals surface area (Å²) in [6.07, 6.45) is -8.99. The molecular formula is C32H29F7N2O5S. The zero-order chi connectivity index (χ0) is 34.4. The lowest BCUT2D eigenvalue weighted by molar-refractivity contribution is -0.348. The Kier molecular flexibility index (Phi) is 8.92. The van der Waals surface area contributed by atoms with E-state index in [1.54, 1.807) is 18.2 Å². The Hall–Kier alpha value is -4.01. The van der Waals surface area contributed by atoms with Gasteiger partial charge in [-0.3, -0.25) is 14.6 Å². The normalized spacial score (nSPS) is 22.7. The molecule has 1 aliphatic carbocycles. The van der Waals surface area contributed by atoms with Crippen LogP contribution in [0, 0.1) is 11.8 Å². The van der Waals surface area contributed by atoms with Gasteiger partial charge in [0.25, 0.3) is 0 Å². The first-order chi connectivity index (χ1) is 21.9. The molecule has 7 nitrogen and oxygen atoms in total. The number of amides is 1. The van der Waals surface area contributed by atoms with Crippen LogP contribution in [0.3, 0.4) is 0 Å². The van der Waals surface area contributed by atoms with Crippen molar-refractivity contribution < 1.29 is 53.8 Å². The van der Waals surface area contributed by atoms with E-state index in [1.807, 2.05) is 0 Å². The summed E-state index contributed by atoms with van der Waals surface area (Å²) in [6, 6.07) is 11.1. The van der Waals surface area contributed by atoms with E-state index >= 15 is 0 Å². The van der Waals surface area contributed by atoms with Crippen molar-refractivity contribution in [2.24, 2.45) is 11.8 Å². The van der Waals surface area contributed by atoms with Gasteiger partial charge in [-0.05, 0) is 73.1 Å². The molecule has 0 bridgehead atoms. The number of halogens is 7. The molecule has 15 heteroatoms. The molecule has 1 saturated heterocycles. The van der Waals surface area contributed by atoms with E-state index in [-0.39, 0.29) is 61.2 Å². The maximum Gasteiger partial charge on any atom is 0.435 e. The zero-order valence-corrected chi connectivity index (χ0v) is 25.4. The summed E-state index contributed by atoms with van der Waals surface area (Å²) < 4.78 is 123. The molecule has 1 aromatic heterocycles. The molecule has 2 fully saturated rings. The van der Waals surface area contributed by atoms with Gasteiger partial charge in [-0.15, -0.1) is 0 Å². The molecule has 1 N–H and O–H groups in total. The highest BCUT2D eigenvalue weighted by Crippen LogP contribution is 2.54. The average Bonchev–Trinajstić information content (AvgIpc) is 3.51. The number of benzene rings is 2. The van der Waals surface area contributed by atoms with Crippen LogP contribution in [0.5, 0.6) is 0 Å². The Labute approximate surface area is 265 Å². The number of carbonyl (C=O) groups excluding carboxylic acids is 1. The topological polar surface area (TPSA) is 105 Å². The van der Waals surface area contributed by atoms with Crippen LogP contribution < -0.4 is 0 Å². The summed E-state index contributed by atoms with van der Waals surface area (Å²) in [5, 5.41) is 9.30. The molecule has 252 valence electrons. The summed E-state index contributed by atoms with van der Waals surface area (Å²) in [5.41, 5.74) is -6.59. The largest absolute Gasteiger partial charge is 0.481 e. The Balaban J connectivity index is 1.57. The van der Waals surface area contributed by atoms with Gasteiger partial charge in [-0.25, -0.2) is 12.8 Å². The van der Waals surface area contributed by atoms with E-state index < -0.39 is 68.4 Å². The molecule has 2 aromatic carbocycles. The maximum absolute atomic E-state index is 14.8. The van der Waals surface area contributed by atoms with Gasteiger partial charge >= 0.3 is 24.0 Å². The summed E-state index contributed by atoms with van der Waals surface area (Å²) in [6.45, 7) is -0.591. The minimum atomic E-state index is -6.36. The van der Waals surface area contributed by atoms with Gasteiger partial charge in [-0.1, -0.05) is 36.4 Å². The Bertz CT molecular complexity index is 1730. The first-order valence-electron chi connectivity index (χ1n) is 14.6. The van der Waals surface area contributed by atoms with E-state index in [2.05, 4.69) is 4.98 Å². The highest BCUT2D eigenvalue weighted by atomic mass is 32.2. The van der Waals surface area contributed by atoms with Gasteiger partial charge in [0.2, 0.25) is 5.91 Å². The van der Waals surface area contributed by atoms with Crippen LogP contribution in [0.25, 0.3) is 11.1 Å². The lowest BCUT2D eigenvalue weighted by Gasteiger charge is -2.33. The Morgan fingerprint density at radius 3 is 1.94 bits per heavy atom. The third kappa shape index (κ3) is 5.98. The minimum Gasteiger partial charge on any atom is -0.481 e. The number of carboxylic acids is 1. The second-order valence-corrected chi connectivity index (χ2v) is 14.1. The van der Waals surface area contributed by atoms with Crippen LogP contribution in [0.4, 0.5) is 30.7 Å². The fraction of sp³-hybridized carbons (Fsp3) is 0.406. The maximum atomic E-state index is 14.8. The molecule has 5 rings (SSSR count). The zero-order valence-electron chi connectivity index (χ0n) is 24.6. The number of hydrogen-bond acceptors (Lipinski definition) is 5. The number of aliphatic carboxylic acids is 1. The number of nitrogens with zero attached hydrogens (tertiary/aromatic N) is 2. The number of aromatic nitrogens is 1. The van der Waals surface area contributed by atoms with Crippen LogP contribution >= 0.6 is 0 Å². The quantitative estimate of drug-likeness (QED) is 0.274. The van der Waals surface area contributed by atoms with E-state index in [0.29, 0.717) is 11.1 Å². The van der Waals surface area contributed by atoms with E-state index in [4.69, 9.17) is 0 Å². The second kappa shape index (κ2) is 12.2. The number of alkyl halides is 7. The van der Waals surface area contributed by atoms with Crippen molar-refractivity contribution in [3.8, 4) is 11.1 Å². The Morgan fingerprint density at radius 1 is 0.809 bits per heavy atom. The minimum absolute atomic E-state index is 0.110. The number of pyridine rings is 1. The molecule has 2 heterocycles. The first-order valence-corrected chi connectivity index (χ1v) is 16.1. The number of likely N-dealkylation sites (tertiary alicyclic amines) is 1. The average molecular weight is 687 g/mol. The summed E-state index contributed by atoms with van der Waals surface area (Å²) >= 11 is 0. The van der Waals surface area contributed by atoms with Gasteiger partial charge in [-0.2, -0.15) is 26.3 Å². The monoisotopic (exact) mass is 686 g/mol.